The van der Waals surface area contributed by atoms with Gasteiger partial charge in [0, 0.05) is 16.9 Å². The maximum Gasteiger partial charge on any atom is 0.261 e. The first-order valence-electron chi connectivity index (χ1n) is 9.18. The molecular weight excluding hydrogens is 406 g/mol. The molecule has 0 fully saturated rings. The van der Waals surface area contributed by atoms with Gasteiger partial charge in [-0.3, -0.25) is 9.36 Å². The standard InChI is InChI=1S/C22H16ClN3O2S/c23-16-3-6-20-19(10-16)22(27)26-8-7-15(21(26)25-20)9-14-1-4-18(5-2-14)28-11-17-12-29-13-24-17/h1-6,9-10,12-13H,7-8,11H2/b15-9+. The van der Waals surface area contributed by atoms with Gasteiger partial charge >= 0.3 is 0 Å². The number of allylic oxidation sites excluding steroid dienone is 1. The van der Waals surface area contributed by atoms with E-state index >= 15 is 0 Å². The van der Waals surface area contributed by atoms with E-state index in [0.29, 0.717) is 29.1 Å². The zero-order chi connectivity index (χ0) is 19.8. The van der Waals surface area contributed by atoms with Crippen LogP contribution >= 0.6 is 22.9 Å². The Bertz CT molecular complexity index is 1280. The fraction of sp³-hybridized carbons (Fsp3) is 0.136. The second-order valence-electron chi connectivity index (χ2n) is 6.81. The normalized spacial score (nSPS) is 14.4. The lowest BCUT2D eigenvalue weighted by Gasteiger charge is -2.06. The minimum absolute atomic E-state index is 0.0401. The van der Waals surface area contributed by atoms with Crippen LogP contribution in [0.4, 0.5) is 0 Å². The van der Waals surface area contributed by atoms with Crippen LogP contribution in [0.15, 0.2) is 58.1 Å². The molecule has 5 rings (SSSR count). The number of nitrogens with zero attached hydrogens (tertiary/aromatic N) is 3. The molecule has 0 atom stereocenters. The van der Waals surface area contributed by atoms with Crippen molar-refractivity contribution in [1.82, 2.24) is 14.5 Å². The molecule has 1 aliphatic rings. The lowest BCUT2D eigenvalue weighted by Crippen LogP contribution is -2.20. The van der Waals surface area contributed by atoms with Gasteiger partial charge in [0.2, 0.25) is 0 Å². The van der Waals surface area contributed by atoms with Crippen molar-refractivity contribution in [3.05, 3.63) is 85.8 Å². The quantitative estimate of drug-likeness (QED) is 0.463. The van der Waals surface area contributed by atoms with Gasteiger partial charge in [-0.05, 0) is 54.0 Å². The van der Waals surface area contributed by atoms with Gasteiger partial charge < -0.3 is 4.74 Å². The highest BCUT2D eigenvalue weighted by Crippen LogP contribution is 2.28. The molecule has 2 aromatic heterocycles. The molecule has 4 aromatic rings. The van der Waals surface area contributed by atoms with Gasteiger partial charge in [-0.1, -0.05) is 23.7 Å². The zero-order valence-corrected chi connectivity index (χ0v) is 16.9. The van der Waals surface area contributed by atoms with Crippen molar-refractivity contribution in [2.24, 2.45) is 0 Å². The largest absolute Gasteiger partial charge is 0.487 e. The lowest BCUT2D eigenvalue weighted by atomic mass is 10.1. The Morgan fingerprint density at radius 3 is 2.86 bits per heavy atom. The SMILES string of the molecule is O=c1c2cc(Cl)ccc2nc2n1CC/C2=C\c1ccc(OCc2cscn2)cc1. The van der Waals surface area contributed by atoms with E-state index in [1.807, 2.05) is 29.6 Å². The number of rotatable bonds is 4. The number of halogens is 1. The van der Waals surface area contributed by atoms with E-state index < -0.39 is 0 Å². The summed E-state index contributed by atoms with van der Waals surface area (Å²) in [7, 11) is 0. The average Bonchev–Trinajstić information content (AvgIpc) is 3.39. The molecule has 0 saturated carbocycles. The number of hydrogen-bond acceptors (Lipinski definition) is 5. The molecule has 3 heterocycles. The summed E-state index contributed by atoms with van der Waals surface area (Å²) in [5, 5.41) is 3.08. The Labute approximate surface area is 175 Å². The first-order chi connectivity index (χ1) is 14.2. The smallest absolute Gasteiger partial charge is 0.261 e. The fourth-order valence-corrected chi connectivity index (χ4v) is 4.17. The molecule has 0 unspecified atom stereocenters. The highest BCUT2D eigenvalue weighted by molar-refractivity contribution is 7.07. The van der Waals surface area contributed by atoms with E-state index in [1.54, 1.807) is 39.6 Å². The Balaban J connectivity index is 1.42. The summed E-state index contributed by atoms with van der Waals surface area (Å²) in [4.78, 5) is 21.7. The van der Waals surface area contributed by atoms with Crippen molar-refractivity contribution in [3.8, 4) is 5.75 Å². The zero-order valence-electron chi connectivity index (χ0n) is 15.3. The molecule has 7 heteroatoms. The first-order valence-corrected chi connectivity index (χ1v) is 10.5. The molecule has 0 aliphatic carbocycles. The summed E-state index contributed by atoms with van der Waals surface area (Å²) in [6.07, 6.45) is 2.85. The van der Waals surface area contributed by atoms with Gasteiger partial charge in [-0.2, -0.15) is 0 Å². The molecule has 144 valence electrons. The van der Waals surface area contributed by atoms with Crippen molar-refractivity contribution < 1.29 is 4.74 Å². The molecule has 2 aromatic carbocycles. The third-order valence-electron chi connectivity index (χ3n) is 4.90. The van der Waals surface area contributed by atoms with Gasteiger partial charge in [0.25, 0.3) is 5.56 Å². The van der Waals surface area contributed by atoms with Gasteiger partial charge in [0.15, 0.2) is 0 Å². The van der Waals surface area contributed by atoms with E-state index in [0.717, 1.165) is 34.8 Å². The van der Waals surface area contributed by atoms with Gasteiger partial charge in [0.05, 0.1) is 22.1 Å². The summed E-state index contributed by atoms with van der Waals surface area (Å²) in [6, 6.07) is 13.1. The van der Waals surface area contributed by atoms with Crippen molar-refractivity contribution in [3.63, 3.8) is 0 Å². The van der Waals surface area contributed by atoms with E-state index in [2.05, 4.69) is 11.1 Å². The first kappa shape index (κ1) is 18.1. The van der Waals surface area contributed by atoms with Crippen LogP contribution in [-0.4, -0.2) is 14.5 Å². The fourth-order valence-electron chi connectivity index (χ4n) is 3.45. The molecule has 0 radical (unpaired) electrons. The second kappa shape index (κ2) is 7.46. The molecule has 0 bridgehead atoms. The maximum absolute atomic E-state index is 12.8. The number of fused-ring (bicyclic) bond motifs is 2. The van der Waals surface area contributed by atoms with Crippen LogP contribution in [-0.2, 0) is 13.2 Å². The van der Waals surface area contributed by atoms with Gasteiger partial charge in [0.1, 0.15) is 18.2 Å². The molecule has 0 N–H and O–H groups in total. The van der Waals surface area contributed by atoms with Crippen molar-refractivity contribution in [2.45, 2.75) is 19.6 Å². The summed E-state index contributed by atoms with van der Waals surface area (Å²) in [5.74, 6) is 1.53. The van der Waals surface area contributed by atoms with E-state index in [4.69, 9.17) is 21.3 Å². The number of aromatic nitrogens is 3. The number of ether oxygens (including phenoxy) is 1. The predicted molar refractivity (Wildman–Crippen MR) is 116 cm³/mol. The third-order valence-corrected chi connectivity index (χ3v) is 5.77. The van der Waals surface area contributed by atoms with Crippen LogP contribution in [0.25, 0.3) is 22.6 Å². The van der Waals surface area contributed by atoms with Crippen LogP contribution in [0.1, 0.15) is 23.5 Å². The average molecular weight is 422 g/mol. The van der Waals surface area contributed by atoms with E-state index in [1.165, 1.54) is 0 Å². The third kappa shape index (κ3) is 3.57. The van der Waals surface area contributed by atoms with Crippen molar-refractivity contribution in [2.75, 3.05) is 0 Å². The summed E-state index contributed by atoms with van der Waals surface area (Å²) < 4.78 is 7.49. The molecule has 0 amide bonds. The number of benzene rings is 2. The molecule has 0 spiro atoms. The molecule has 0 saturated heterocycles. The minimum Gasteiger partial charge on any atom is -0.487 e. The van der Waals surface area contributed by atoms with Crippen molar-refractivity contribution >= 4 is 45.5 Å². The maximum atomic E-state index is 12.8. The monoisotopic (exact) mass is 421 g/mol. The molecule has 1 aliphatic heterocycles. The van der Waals surface area contributed by atoms with E-state index in [-0.39, 0.29) is 5.56 Å². The Morgan fingerprint density at radius 2 is 2.07 bits per heavy atom. The van der Waals surface area contributed by atoms with E-state index in [9.17, 15) is 4.79 Å². The number of thiazole rings is 1. The Kier molecular flexibility index (Phi) is 4.66. The molecule has 29 heavy (non-hydrogen) atoms. The minimum atomic E-state index is -0.0401. The van der Waals surface area contributed by atoms with Crippen LogP contribution < -0.4 is 10.3 Å². The predicted octanol–water partition coefficient (Wildman–Crippen LogP) is 5.03. The molecular formula is C22H16ClN3O2S. The van der Waals surface area contributed by atoms with Crippen LogP contribution in [0.5, 0.6) is 5.75 Å². The summed E-state index contributed by atoms with van der Waals surface area (Å²) >= 11 is 7.60. The topological polar surface area (TPSA) is 57.0 Å². The van der Waals surface area contributed by atoms with Gasteiger partial charge in [-0.15, -0.1) is 11.3 Å². The van der Waals surface area contributed by atoms with Gasteiger partial charge in [-0.25, -0.2) is 9.97 Å². The summed E-state index contributed by atoms with van der Waals surface area (Å²) in [6.45, 7) is 1.09. The lowest BCUT2D eigenvalue weighted by molar-refractivity contribution is 0.302. The highest BCUT2D eigenvalue weighted by atomic mass is 35.5. The molecule has 5 nitrogen and oxygen atoms in total. The van der Waals surface area contributed by atoms with Crippen LogP contribution in [0, 0.1) is 0 Å². The Morgan fingerprint density at radius 1 is 1.21 bits per heavy atom. The summed E-state index contributed by atoms with van der Waals surface area (Å²) in [5.41, 5.74) is 5.44. The highest BCUT2D eigenvalue weighted by Gasteiger charge is 2.20. The Hall–Kier alpha value is -2.96. The van der Waals surface area contributed by atoms with Crippen LogP contribution in [0.3, 0.4) is 0 Å². The van der Waals surface area contributed by atoms with Crippen molar-refractivity contribution in [1.29, 1.82) is 0 Å². The van der Waals surface area contributed by atoms with Crippen LogP contribution in [0.2, 0.25) is 5.02 Å². The number of hydrogen-bond donors (Lipinski definition) is 0. The second-order valence-corrected chi connectivity index (χ2v) is 7.97.